The predicted molar refractivity (Wildman–Crippen MR) is 75.5 cm³/mol. The van der Waals surface area contributed by atoms with Gasteiger partial charge >= 0.3 is 0 Å². The molecule has 0 aliphatic rings. The molecule has 0 atom stereocenters. The summed E-state index contributed by atoms with van der Waals surface area (Å²) in [6.45, 7) is 0. The van der Waals surface area contributed by atoms with Gasteiger partial charge in [0.05, 0.1) is 6.20 Å². The maximum absolute atomic E-state index is 5.80. The number of nitrogen functional groups attached to an aromatic ring is 1. The van der Waals surface area contributed by atoms with E-state index in [1.54, 1.807) is 16.9 Å². The van der Waals surface area contributed by atoms with Crippen molar-refractivity contribution < 1.29 is 0 Å². The van der Waals surface area contributed by atoms with Crippen LogP contribution < -0.4 is 5.73 Å². The first-order chi connectivity index (χ1) is 10.3. The lowest BCUT2D eigenvalue weighted by Gasteiger charge is -2.00. The summed E-state index contributed by atoms with van der Waals surface area (Å²) in [6, 6.07) is 11.2. The first-order valence-corrected chi connectivity index (χ1v) is 6.26. The molecule has 4 aromatic rings. The van der Waals surface area contributed by atoms with Gasteiger partial charge < -0.3 is 5.73 Å². The third-order valence-corrected chi connectivity index (χ3v) is 3.09. The van der Waals surface area contributed by atoms with Crippen molar-refractivity contribution in [3.8, 4) is 16.9 Å². The van der Waals surface area contributed by atoms with Gasteiger partial charge in [0.2, 0.25) is 0 Å². The summed E-state index contributed by atoms with van der Waals surface area (Å²) in [5, 5.41) is 19.7. The van der Waals surface area contributed by atoms with E-state index in [-0.39, 0.29) is 0 Å². The summed E-state index contributed by atoms with van der Waals surface area (Å²) in [6.07, 6.45) is 3.65. The molecule has 21 heavy (non-hydrogen) atoms. The zero-order chi connectivity index (χ0) is 14.2. The van der Waals surface area contributed by atoms with Gasteiger partial charge in [-0.1, -0.05) is 12.1 Å². The molecule has 0 saturated heterocycles. The van der Waals surface area contributed by atoms with Crippen molar-refractivity contribution >= 4 is 11.3 Å². The second kappa shape index (κ2) is 4.37. The van der Waals surface area contributed by atoms with Crippen LogP contribution >= 0.6 is 0 Å². The van der Waals surface area contributed by atoms with E-state index in [1.807, 2.05) is 36.5 Å². The highest BCUT2D eigenvalue weighted by atomic mass is 15.6. The molecule has 3 heterocycles. The first-order valence-electron chi connectivity index (χ1n) is 6.26. The maximum Gasteiger partial charge on any atom is 0.200 e. The average molecular weight is 278 g/mol. The Balaban J connectivity index is 1.76. The number of nitrogens with zero attached hydrogens (tertiary/aromatic N) is 7. The van der Waals surface area contributed by atoms with E-state index in [0.29, 0.717) is 17.2 Å². The van der Waals surface area contributed by atoms with Gasteiger partial charge in [0.25, 0.3) is 0 Å². The highest BCUT2D eigenvalue weighted by molar-refractivity contribution is 5.66. The lowest BCUT2D eigenvalue weighted by Crippen LogP contribution is -2.03. The fourth-order valence-electron chi connectivity index (χ4n) is 2.08. The topological polar surface area (TPSA) is 99.8 Å². The van der Waals surface area contributed by atoms with Gasteiger partial charge in [0.15, 0.2) is 11.5 Å². The molecule has 0 aliphatic heterocycles. The molecule has 8 heteroatoms. The lowest BCUT2D eigenvalue weighted by atomic mass is 10.1. The molecular formula is C13H10N8. The molecule has 1 aromatic carbocycles. The highest BCUT2D eigenvalue weighted by Gasteiger charge is 2.06. The molecule has 0 fully saturated rings. The molecule has 0 spiro atoms. The number of aromatic nitrogens is 7. The van der Waals surface area contributed by atoms with Crippen molar-refractivity contribution in [1.29, 1.82) is 0 Å². The van der Waals surface area contributed by atoms with Gasteiger partial charge in [-0.05, 0) is 40.3 Å². The predicted octanol–water partition coefficient (Wildman–Crippen LogP) is 0.954. The Morgan fingerprint density at radius 1 is 1.05 bits per heavy atom. The Labute approximate surface area is 118 Å². The summed E-state index contributed by atoms with van der Waals surface area (Å²) < 4.78 is 3.02. The Hall–Kier alpha value is -3.29. The number of hydrogen-bond acceptors (Lipinski definition) is 6. The smallest absolute Gasteiger partial charge is 0.200 e. The molecule has 0 bridgehead atoms. The molecule has 0 aliphatic carbocycles. The van der Waals surface area contributed by atoms with Gasteiger partial charge in [-0.2, -0.15) is 5.10 Å². The Morgan fingerprint density at radius 2 is 2.00 bits per heavy atom. The highest BCUT2D eigenvalue weighted by Crippen LogP contribution is 2.21. The second-order valence-corrected chi connectivity index (χ2v) is 4.52. The van der Waals surface area contributed by atoms with Crippen LogP contribution in [0.15, 0.2) is 48.8 Å². The quantitative estimate of drug-likeness (QED) is 0.548. The third kappa shape index (κ3) is 1.98. The van der Waals surface area contributed by atoms with Crippen molar-refractivity contribution in [3.63, 3.8) is 0 Å². The largest absolute Gasteiger partial charge is 0.399 e. The fraction of sp³-hybridized carbons (Fsp3) is 0. The lowest BCUT2D eigenvalue weighted by molar-refractivity contribution is 0.702. The number of benzene rings is 1. The van der Waals surface area contributed by atoms with Crippen molar-refractivity contribution in [2.75, 3.05) is 5.73 Å². The zero-order valence-electron chi connectivity index (χ0n) is 10.8. The second-order valence-electron chi connectivity index (χ2n) is 4.52. The molecule has 0 radical (unpaired) electrons. The molecule has 0 amide bonds. The van der Waals surface area contributed by atoms with E-state index < -0.39 is 0 Å². The molecule has 4 rings (SSSR count). The number of rotatable bonds is 2. The van der Waals surface area contributed by atoms with Gasteiger partial charge in [-0.25, -0.2) is 4.68 Å². The molecule has 0 unspecified atom stereocenters. The van der Waals surface area contributed by atoms with E-state index in [9.17, 15) is 0 Å². The molecule has 102 valence electrons. The molecule has 3 aromatic heterocycles. The number of fused-ring (bicyclic) bond motifs is 1. The Morgan fingerprint density at radius 3 is 2.90 bits per heavy atom. The zero-order valence-corrected chi connectivity index (χ0v) is 10.8. The van der Waals surface area contributed by atoms with E-state index in [0.717, 1.165) is 11.1 Å². The van der Waals surface area contributed by atoms with Crippen LogP contribution in [0.1, 0.15) is 0 Å². The number of hydrogen-bond donors (Lipinski definition) is 1. The SMILES string of the molecule is Nc1cccc(-c2cnn(-c3ccc4nnnn4n3)c2)c1. The summed E-state index contributed by atoms with van der Waals surface area (Å²) in [5.41, 5.74) is 9.06. The van der Waals surface area contributed by atoms with Gasteiger partial charge in [-0.3, -0.25) is 0 Å². The van der Waals surface area contributed by atoms with Gasteiger partial charge in [-0.15, -0.1) is 14.8 Å². The molecular weight excluding hydrogens is 268 g/mol. The minimum absolute atomic E-state index is 0.585. The van der Waals surface area contributed by atoms with E-state index in [2.05, 4.69) is 25.7 Å². The van der Waals surface area contributed by atoms with Crippen molar-refractivity contribution in [2.45, 2.75) is 0 Å². The Kier molecular flexibility index (Phi) is 2.40. The monoisotopic (exact) mass is 278 g/mol. The summed E-state index contributed by atoms with van der Waals surface area (Å²) in [4.78, 5) is 0. The molecule has 0 saturated carbocycles. The average Bonchev–Trinajstić information content (AvgIpc) is 3.15. The normalized spacial score (nSPS) is 11.0. The van der Waals surface area contributed by atoms with Crippen molar-refractivity contribution in [1.82, 2.24) is 35.0 Å². The number of tetrazole rings is 1. The van der Waals surface area contributed by atoms with Crippen molar-refractivity contribution in [3.05, 3.63) is 48.8 Å². The fourth-order valence-corrected chi connectivity index (χ4v) is 2.08. The minimum atomic E-state index is 0.585. The standard InChI is InChI=1S/C13H10N8/c14-11-3-1-2-9(6-11)10-7-15-20(8-10)13-5-4-12-16-18-19-21(12)17-13/h1-8H,14H2. The summed E-state index contributed by atoms with van der Waals surface area (Å²) in [5.74, 6) is 0.630. The first kappa shape index (κ1) is 11.5. The number of anilines is 1. The van der Waals surface area contributed by atoms with E-state index in [4.69, 9.17) is 5.73 Å². The summed E-state index contributed by atoms with van der Waals surface area (Å²) in [7, 11) is 0. The van der Waals surface area contributed by atoms with Crippen LogP contribution in [0, 0.1) is 0 Å². The van der Waals surface area contributed by atoms with Crippen molar-refractivity contribution in [2.24, 2.45) is 0 Å². The Bertz CT molecular complexity index is 922. The van der Waals surface area contributed by atoms with Crippen LogP contribution in [0.4, 0.5) is 5.69 Å². The minimum Gasteiger partial charge on any atom is -0.399 e. The van der Waals surface area contributed by atoms with Crippen LogP contribution in [0.25, 0.3) is 22.6 Å². The van der Waals surface area contributed by atoms with E-state index >= 15 is 0 Å². The molecule has 8 nitrogen and oxygen atoms in total. The molecule has 2 N–H and O–H groups in total. The maximum atomic E-state index is 5.80. The van der Waals surface area contributed by atoms with Crippen LogP contribution in [0.2, 0.25) is 0 Å². The van der Waals surface area contributed by atoms with Gasteiger partial charge in [0, 0.05) is 17.4 Å². The van der Waals surface area contributed by atoms with Crippen LogP contribution in [0.3, 0.4) is 0 Å². The van der Waals surface area contributed by atoms with E-state index in [1.165, 1.54) is 4.63 Å². The van der Waals surface area contributed by atoms with Crippen LogP contribution in [-0.4, -0.2) is 35.0 Å². The van der Waals surface area contributed by atoms with Gasteiger partial charge in [0.1, 0.15) is 0 Å². The third-order valence-electron chi connectivity index (χ3n) is 3.09. The summed E-state index contributed by atoms with van der Waals surface area (Å²) >= 11 is 0. The van der Waals surface area contributed by atoms with Crippen LogP contribution in [-0.2, 0) is 0 Å². The number of nitrogens with two attached hydrogens (primary N) is 1. The van der Waals surface area contributed by atoms with Crippen LogP contribution in [0.5, 0.6) is 0 Å².